The first kappa shape index (κ1) is 23.4. The van der Waals surface area contributed by atoms with Crippen LogP contribution in [0.1, 0.15) is 33.9 Å². The molecule has 2 aromatic carbocycles. The number of hydrogen-bond acceptors (Lipinski definition) is 6. The molecule has 1 unspecified atom stereocenters. The van der Waals surface area contributed by atoms with Crippen LogP contribution in [0, 0.1) is 0 Å². The second kappa shape index (κ2) is 10.1. The molecule has 0 saturated heterocycles. The van der Waals surface area contributed by atoms with E-state index < -0.39 is 11.5 Å². The highest BCUT2D eigenvalue weighted by Gasteiger charge is 2.50. The van der Waals surface area contributed by atoms with E-state index in [1.165, 1.54) is 0 Å². The first-order chi connectivity index (χ1) is 17.2. The van der Waals surface area contributed by atoms with Crippen LogP contribution in [0.5, 0.6) is 5.75 Å². The number of thiophene rings is 2. The molecule has 0 spiro atoms. The van der Waals surface area contributed by atoms with Crippen LogP contribution in [0.25, 0.3) is 0 Å². The Balaban J connectivity index is 1.65. The van der Waals surface area contributed by atoms with Gasteiger partial charge < -0.3 is 14.4 Å². The molecule has 4 nitrogen and oxygen atoms in total. The highest BCUT2D eigenvalue weighted by atomic mass is 32.1. The summed E-state index contributed by atoms with van der Waals surface area (Å²) in [7, 11) is 1.66. The lowest BCUT2D eigenvalue weighted by atomic mass is 9.74. The van der Waals surface area contributed by atoms with Crippen molar-refractivity contribution in [1.82, 2.24) is 4.90 Å². The molecule has 0 radical (unpaired) electrons. The van der Waals surface area contributed by atoms with Crippen molar-refractivity contribution in [2.24, 2.45) is 0 Å². The third kappa shape index (κ3) is 4.40. The van der Waals surface area contributed by atoms with E-state index in [0.717, 1.165) is 26.6 Å². The summed E-state index contributed by atoms with van der Waals surface area (Å²) < 4.78 is 11.7. The zero-order valence-corrected chi connectivity index (χ0v) is 21.4. The number of benzene rings is 2. The molecular formula is C29H27NO3S2. The Morgan fingerprint density at radius 2 is 1.57 bits per heavy atom. The molecule has 5 rings (SSSR count). The predicted octanol–water partition coefficient (Wildman–Crippen LogP) is 6.81. The van der Waals surface area contributed by atoms with Gasteiger partial charge in [0.05, 0.1) is 7.11 Å². The Labute approximate surface area is 214 Å². The monoisotopic (exact) mass is 501 g/mol. The van der Waals surface area contributed by atoms with E-state index in [1.54, 1.807) is 29.8 Å². The normalized spacial score (nSPS) is 16.9. The van der Waals surface area contributed by atoms with Crippen LogP contribution in [0.3, 0.4) is 0 Å². The maximum absolute atomic E-state index is 13.6. The summed E-state index contributed by atoms with van der Waals surface area (Å²) in [5.41, 5.74) is 2.07. The molecule has 1 atom stereocenters. The molecule has 3 heterocycles. The minimum atomic E-state index is -0.611. The lowest BCUT2D eigenvalue weighted by Crippen LogP contribution is -2.43. The fourth-order valence-corrected chi connectivity index (χ4v) is 6.59. The topological polar surface area (TPSA) is 38.8 Å². The second-order valence-corrected chi connectivity index (χ2v) is 10.3. The number of carbonyl (C=O) groups is 1. The summed E-state index contributed by atoms with van der Waals surface area (Å²) >= 11 is 3.39. The molecule has 0 saturated carbocycles. The van der Waals surface area contributed by atoms with Gasteiger partial charge in [-0.1, -0.05) is 54.6 Å². The molecule has 0 aliphatic carbocycles. The third-order valence-corrected chi connectivity index (χ3v) is 8.47. The molecule has 0 fully saturated rings. The average molecular weight is 502 g/mol. The lowest BCUT2D eigenvalue weighted by molar-refractivity contribution is -0.151. The molecule has 4 aromatic rings. The van der Waals surface area contributed by atoms with Gasteiger partial charge in [0.15, 0.2) is 0 Å². The third-order valence-electron chi connectivity index (χ3n) is 6.43. The SMILES string of the molecule is CCN(Cc1ccc(OC)cc1)C1=CC(c2cccs2)(c2cccs2)C(c2ccccc2)OC1=O. The summed E-state index contributed by atoms with van der Waals surface area (Å²) in [4.78, 5) is 18.0. The van der Waals surface area contributed by atoms with Gasteiger partial charge in [0, 0.05) is 22.8 Å². The van der Waals surface area contributed by atoms with Crippen LogP contribution in [-0.4, -0.2) is 24.5 Å². The van der Waals surface area contributed by atoms with Gasteiger partial charge >= 0.3 is 5.97 Å². The number of hydrogen-bond donors (Lipinski definition) is 0. The van der Waals surface area contributed by atoms with Gasteiger partial charge in [-0.25, -0.2) is 4.79 Å². The Bertz CT molecular complexity index is 1250. The highest BCUT2D eigenvalue weighted by molar-refractivity contribution is 7.11. The van der Waals surface area contributed by atoms with Gasteiger partial charge in [-0.05, 0) is 59.2 Å². The summed E-state index contributed by atoms with van der Waals surface area (Å²) in [6.45, 7) is 3.34. The fraction of sp³-hybridized carbons (Fsp3) is 0.207. The maximum atomic E-state index is 13.6. The number of carbonyl (C=O) groups excluding carboxylic acids is 1. The number of ether oxygens (including phenoxy) is 2. The van der Waals surface area contributed by atoms with Crippen molar-refractivity contribution < 1.29 is 14.3 Å². The molecular weight excluding hydrogens is 474 g/mol. The highest BCUT2D eigenvalue weighted by Crippen LogP contribution is 2.52. The Morgan fingerprint density at radius 1 is 0.914 bits per heavy atom. The molecule has 1 aliphatic rings. The van der Waals surface area contributed by atoms with Gasteiger partial charge in [-0.2, -0.15) is 0 Å². The molecule has 178 valence electrons. The summed E-state index contributed by atoms with van der Waals surface area (Å²) in [6.07, 6.45) is 1.69. The number of likely N-dealkylation sites (N-methyl/N-ethyl adjacent to an activating group) is 1. The number of nitrogens with zero attached hydrogens (tertiary/aromatic N) is 1. The predicted molar refractivity (Wildman–Crippen MR) is 142 cm³/mol. The summed E-state index contributed by atoms with van der Waals surface area (Å²) in [6, 6.07) is 26.5. The minimum Gasteiger partial charge on any atom is -0.497 e. The molecule has 6 heteroatoms. The molecule has 0 N–H and O–H groups in total. The van der Waals surface area contributed by atoms with E-state index in [1.807, 2.05) is 54.6 Å². The quantitative estimate of drug-likeness (QED) is 0.249. The standard InChI is InChI=1S/C29H27NO3S2/c1-3-30(20-21-13-15-23(32-2)16-14-21)24-19-29(25-11-7-17-34-25,26-12-8-18-35-26)27(33-28(24)31)22-9-5-4-6-10-22/h4-19,27H,3,20H2,1-2H3. The van der Waals surface area contributed by atoms with E-state index >= 15 is 0 Å². The molecule has 2 aromatic heterocycles. The van der Waals surface area contributed by atoms with E-state index in [-0.39, 0.29) is 5.97 Å². The van der Waals surface area contributed by atoms with Gasteiger partial charge in [0.2, 0.25) is 0 Å². The Kier molecular flexibility index (Phi) is 6.75. The Morgan fingerprint density at radius 3 is 2.11 bits per heavy atom. The van der Waals surface area contributed by atoms with Crippen LogP contribution in [0.2, 0.25) is 0 Å². The van der Waals surface area contributed by atoms with Gasteiger partial charge in [-0.15, -0.1) is 22.7 Å². The van der Waals surface area contributed by atoms with Gasteiger partial charge in [0.1, 0.15) is 23.0 Å². The van der Waals surface area contributed by atoms with Crippen molar-refractivity contribution >= 4 is 28.6 Å². The molecule has 35 heavy (non-hydrogen) atoms. The lowest BCUT2D eigenvalue weighted by Gasteiger charge is -2.42. The average Bonchev–Trinajstić information content (AvgIpc) is 3.64. The van der Waals surface area contributed by atoms with Crippen molar-refractivity contribution in [3.63, 3.8) is 0 Å². The van der Waals surface area contributed by atoms with Crippen molar-refractivity contribution in [2.75, 3.05) is 13.7 Å². The van der Waals surface area contributed by atoms with Crippen molar-refractivity contribution in [1.29, 1.82) is 0 Å². The van der Waals surface area contributed by atoms with Gasteiger partial charge in [0.25, 0.3) is 0 Å². The van der Waals surface area contributed by atoms with Crippen molar-refractivity contribution in [3.05, 3.63) is 122 Å². The molecule has 0 bridgehead atoms. The second-order valence-electron chi connectivity index (χ2n) is 8.41. The van der Waals surface area contributed by atoms with E-state index in [0.29, 0.717) is 18.8 Å². The van der Waals surface area contributed by atoms with Gasteiger partial charge in [-0.3, -0.25) is 0 Å². The maximum Gasteiger partial charge on any atom is 0.354 e. The smallest absolute Gasteiger partial charge is 0.354 e. The van der Waals surface area contributed by atoms with E-state index in [9.17, 15) is 4.79 Å². The van der Waals surface area contributed by atoms with Crippen LogP contribution in [-0.2, 0) is 21.5 Å². The number of esters is 1. The van der Waals surface area contributed by atoms with Crippen LogP contribution >= 0.6 is 22.7 Å². The summed E-state index contributed by atoms with van der Waals surface area (Å²) in [5, 5.41) is 4.18. The van der Waals surface area contributed by atoms with Crippen LogP contribution in [0.15, 0.2) is 101 Å². The zero-order chi connectivity index (χ0) is 24.3. The minimum absolute atomic E-state index is 0.294. The zero-order valence-electron chi connectivity index (χ0n) is 19.7. The number of rotatable bonds is 8. The largest absolute Gasteiger partial charge is 0.497 e. The fourth-order valence-electron chi connectivity index (χ4n) is 4.66. The van der Waals surface area contributed by atoms with E-state index in [2.05, 4.69) is 52.9 Å². The number of methoxy groups -OCH3 is 1. The first-order valence-electron chi connectivity index (χ1n) is 11.6. The van der Waals surface area contributed by atoms with Crippen LogP contribution in [0.4, 0.5) is 0 Å². The molecule has 0 amide bonds. The van der Waals surface area contributed by atoms with Crippen molar-refractivity contribution in [2.45, 2.75) is 25.0 Å². The Hall–Kier alpha value is -3.35. The van der Waals surface area contributed by atoms with Crippen LogP contribution < -0.4 is 4.74 Å². The van der Waals surface area contributed by atoms with Crippen molar-refractivity contribution in [3.8, 4) is 5.75 Å². The van der Waals surface area contributed by atoms with E-state index in [4.69, 9.17) is 9.47 Å². The summed E-state index contributed by atoms with van der Waals surface area (Å²) in [5.74, 6) is 0.520. The number of cyclic esters (lactones) is 1. The first-order valence-corrected chi connectivity index (χ1v) is 13.4. The molecule has 1 aliphatic heterocycles.